The fourth-order valence-corrected chi connectivity index (χ4v) is 3.73. The second-order valence-electron chi connectivity index (χ2n) is 4.93. The Morgan fingerprint density at radius 1 is 1.48 bits per heavy atom. The van der Waals surface area contributed by atoms with Crippen LogP contribution in [0.3, 0.4) is 0 Å². The van der Waals surface area contributed by atoms with Crippen LogP contribution in [0.1, 0.15) is 18.9 Å². The number of benzene rings is 1. The van der Waals surface area contributed by atoms with Gasteiger partial charge in [0.2, 0.25) is 6.79 Å². The minimum atomic E-state index is -1.06. The van der Waals surface area contributed by atoms with Crippen LogP contribution in [0.4, 0.5) is 0 Å². The normalized spacial score (nSPS) is 19.5. The molecule has 6 nitrogen and oxygen atoms in total. The number of nitrogens with zero attached hydrogens (tertiary/aromatic N) is 1. The van der Waals surface area contributed by atoms with E-state index in [-0.39, 0.29) is 17.0 Å². The lowest BCUT2D eigenvalue weighted by molar-refractivity contribution is -0.145. The average Bonchev–Trinajstić information content (AvgIpc) is 3.07. The van der Waals surface area contributed by atoms with Gasteiger partial charge in [-0.25, -0.2) is 4.79 Å². The molecular formula is C15H13NO5S2. The lowest BCUT2D eigenvalue weighted by Gasteiger charge is -2.21. The summed E-state index contributed by atoms with van der Waals surface area (Å²) in [5.74, 6) is -0.169. The van der Waals surface area contributed by atoms with Gasteiger partial charge in [0, 0.05) is 0 Å². The molecule has 0 spiro atoms. The molecule has 2 aliphatic heterocycles. The van der Waals surface area contributed by atoms with E-state index in [1.165, 1.54) is 4.90 Å². The third kappa shape index (κ3) is 2.91. The van der Waals surface area contributed by atoms with E-state index >= 15 is 0 Å². The van der Waals surface area contributed by atoms with Crippen molar-refractivity contribution in [3.05, 3.63) is 28.7 Å². The number of amides is 1. The van der Waals surface area contributed by atoms with Gasteiger partial charge in [0.25, 0.3) is 5.91 Å². The van der Waals surface area contributed by atoms with Crippen molar-refractivity contribution in [3.63, 3.8) is 0 Å². The quantitative estimate of drug-likeness (QED) is 0.660. The van der Waals surface area contributed by atoms with Gasteiger partial charge in [0.05, 0.1) is 4.91 Å². The van der Waals surface area contributed by atoms with Crippen LogP contribution in [0.25, 0.3) is 6.08 Å². The van der Waals surface area contributed by atoms with Crippen molar-refractivity contribution in [2.45, 2.75) is 19.4 Å². The lowest BCUT2D eigenvalue weighted by Crippen LogP contribution is -2.43. The molecule has 1 fully saturated rings. The van der Waals surface area contributed by atoms with Crippen molar-refractivity contribution in [1.82, 2.24) is 4.90 Å². The topological polar surface area (TPSA) is 76.1 Å². The van der Waals surface area contributed by atoms with Gasteiger partial charge in [-0.15, -0.1) is 0 Å². The second-order valence-corrected chi connectivity index (χ2v) is 6.60. The average molecular weight is 351 g/mol. The highest BCUT2D eigenvalue weighted by Crippen LogP contribution is 2.37. The van der Waals surface area contributed by atoms with Crippen LogP contribution in [-0.2, 0) is 9.59 Å². The number of thiocarbonyl (C=S) groups is 1. The second kappa shape index (κ2) is 6.21. The van der Waals surface area contributed by atoms with E-state index < -0.39 is 12.0 Å². The Hall–Kier alpha value is -2.06. The summed E-state index contributed by atoms with van der Waals surface area (Å²) in [6, 6.07) is 4.39. The zero-order chi connectivity index (χ0) is 16.6. The number of thioether (sulfide) groups is 1. The molecule has 8 heteroatoms. The minimum absolute atomic E-state index is 0.178. The van der Waals surface area contributed by atoms with E-state index in [2.05, 4.69) is 0 Å². The standard InChI is InChI=1S/C15H13NO5S2/c1-2-9(14(18)19)16-13(17)12(23-15(16)22)6-8-3-4-10-11(5-8)21-7-20-10/h3-6,9H,2,7H2,1H3,(H,18,19)/b12-6-/t9-/m1/s1. The van der Waals surface area contributed by atoms with E-state index in [1.54, 1.807) is 31.2 Å². The Balaban J connectivity index is 1.88. The number of carbonyl (C=O) groups excluding carboxylic acids is 1. The molecular weight excluding hydrogens is 338 g/mol. The highest BCUT2D eigenvalue weighted by atomic mass is 32.2. The van der Waals surface area contributed by atoms with Crippen molar-refractivity contribution in [3.8, 4) is 11.5 Å². The lowest BCUT2D eigenvalue weighted by atomic mass is 10.1. The number of hydrogen-bond acceptors (Lipinski definition) is 6. The monoisotopic (exact) mass is 351 g/mol. The molecule has 0 radical (unpaired) electrons. The molecule has 3 rings (SSSR count). The largest absolute Gasteiger partial charge is 0.480 e. The molecule has 0 saturated carbocycles. The molecule has 2 heterocycles. The molecule has 1 aromatic rings. The number of carbonyl (C=O) groups is 2. The predicted molar refractivity (Wildman–Crippen MR) is 89.3 cm³/mol. The van der Waals surface area contributed by atoms with Gasteiger partial charge in [-0.3, -0.25) is 9.69 Å². The predicted octanol–water partition coefficient (Wildman–Crippen LogP) is 2.48. The molecule has 23 heavy (non-hydrogen) atoms. The number of aliphatic carboxylic acids is 1. The van der Waals surface area contributed by atoms with Gasteiger partial charge < -0.3 is 14.6 Å². The number of ether oxygens (including phenoxy) is 2. The maximum absolute atomic E-state index is 12.5. The van der Waals surface area contributed by atoms with E-state index in [9.17, 15) is 14.7 Å². The zero-order valence-electron chi connectivity index (χ0n) is 12.1. The highest BCUT2D eigenvalue weighted by Gasteiger charge is 2.39. The third-order valence-corrected chi connectivity index (χ3v) is 4.83. The molecule has 0 aliphatic carbocycles. The Labute approximate surface area is 142 Å². The molecule has 0 unspecified atom stereocenters. The van der Waals surface area contributed by atoms with Crippen LogP contribution < -0.4 is 9.47 Å². The van der Waals surface area contributed by atoms with E-state index in [0.29, 0.717) is 22.8 Å². The summed E-state index contributed by atoms with van der Waals surface area (Å²) in [7, 11) is 0. The van der Waals surface area contributed by atoms with Crippen molar-refractivity contribution in [2.75, 3.05) is 6.79 Å². The first-order chi connectivity index (χ1) is 11.0. The van der Waals surface area contributed by atoms with Crippen LogP contribution in [-0.4, -0.2) is 39.0 Å². The van der Waals surface area contributed by atoms with Crippen molar-refractivity contribution in [1.29, 1.82) is 0 Å². The van der Waals surface area contributed by atoms with Crippen LogP contribution in [0.5, 0.6) is 11.5 Å². The molecule has 0 aromatic heterocycles. The van der Waals surface area contributed by atoms with Crippen LogP contribution in [0, 0.1) is 0 Å². The first-order valence-electron chi connectivity index (χ1n) is 6.90. The molecule has 1 aromatic carbocycles. The van der Waals surface area contributed by atoms with Gasteiger partial charge in [0.15, 0.2) is 11.5 Å². The molecule has 2 aliphatic rings. The molecule has 0 bridgehead atoms. The molecule has 1 saturated heterocycles. The maximum atomic E-state index is 12.5. The van der Waals surface area contributed by atoms with E-state index in [0.717, 1.165) is 17.3 Å². The number of rotatable bonds is 4. The summed E-state index contributed by atoms with van der Waals surface area (Å²) in [6.45, 7) is 1.89. The molecule has 1 N–H and O–H groups in total. The first-order valence-corrected chi connectivity index (χ1v) is 8.13. The molecule has 1 amide bonds. The van der Waals surface area contributed by atoms with Crippen molar-refractivity contribution < 1.29 is 24.2 Å². The summed E-state index contributed by atoms with van der Waals surface area (Å²) < 4.78 is 10.8. The number of carboxylic acid groups (broad SMARTS) is 1. The van der Waals surface area contributed by atoms with Gasteiger partial charge in [-0.05, 0) is 30.2 Å². The summed E-state index contributed by atoms with van der Waals surface area (Å²) in [5, 5.41) is 9.24. The summed E-state index contributed by atoms with van der Waals surface area (Å²) in [5.41, 5.74) is 0.762. The van der Waals surface area contributed by atoms with Gasteiger partial charge in [-0.2, -0.15) is 0 Å². The van der Waals surface area contributed by atoms with Crippen molar-refractivity contribution >= 4 is 46.3 Å². The smallest absolute Gasteiger partial charge is 0.326 e. The van der Waals surface area contributed by atoms with Crippen LogP contribution in [0.15, 0.2) is 23.1 Å². The Bertz CT molecular complexity index is 731. The zero-order valence-corrected chi connectivity index (χ0v) is 13.8. The van der Waals surface area contributed by atoms with E-state index in [1.807, 2.05) is 0 Å². The Morgan fingerprint density at radius 2 is 2.22 bits per heavy atom. The number of hydrogen-bond donors (Lipinski definition) is 1. The SMILES string of the molecule is CC[C@H](C(=O)O)N1C(=O)/C(=C/c2ccc3c(c2)OCO3)SC1=S. The minimum Gasteiger partial charge on any atom is -0.480 e. The summed E-state index contributed by atoms with van der Waals surface area (Å²) in [6.07, 6.45) is 1.97. The van der Waals surface area contributed by atoms with Crippen LogP contribution >= 0.6 is 24.0 Å². The maximum Gasteiger partial charge on any atom is 0.326 e. The molecule has 1 atom stereocenters. The number of fused-ring (bicyclic) bond motifs is 1. The van der Waals surface area contributed by atoms with Gasteiger partial charge >= 0.3 is 5.97 Å². The highest BCUT2D eigenvalue weighted by molar-refractivity contribution is 8.26. The van der Waals surface area contributed by atoms with E-state index in [4.69, 9.17) is 21.7 Å². The molecule has 120 valence electrons. The van der Waals surface area contributed by atoms with Gasteiger partial charge in [0.1, 0.15) is 10.4 Å². The summed E-state index contributed by atoms with van der Waals surface area (Å²) in [4.78, 5) is 25.3. The number of carboxylic acids is 1. The van der Waals surface area contributed by atoms with Crippen LogP contribution in [0.2, 0.25) is 0 Å². The fraction of sp³-hybridized carbons (Fsp3) is 0.267. The summed E-state index contributed by atoms with van der Waals surface area (Å²) >= 11 is 6.28. The third-order valence-electron chi connectivity index (χ3n) is 3.50. The van der Waals surface area contributed by atoms with Crippen molar-refractivity contribution in [2.24, 2.45) is 0 Å². The Morgan fingerprint density at radius 3 is 2.91 bits per heavy atom. The fourth-order valence-electron chi connectivity index (χ4n) is 2.37. The first kappa shape index (κ1) is 15.8. The van der Waals surface area contributed by atoms with Gasteiger partial charge in [-0.1, -0.05) is 37.0 Å². The Kier molecular flexibility index (Phi) is 4.27.